The lowest BCUT2D eigenvalue weighted by molar-refractivity contribution is -0.0113. The van der Waals surface area contributed by atoms with Crippen LogP contribution < -0.4 is 0 Å². The molecule has 0 unspecified atom stereocenters. The molecule has 0 bridgehead atoms. The van der Waals surface area contributed by atoms with E-state index in [-0.39, 0.29) is 5.92 Å². The Kier molecular flexibility index (Phi) is 5.03. The third kappa shape index (κ3) is 3.73. The molecule has 22 heavy (non-hydrogen) atoms. The predicted molar refractivity (Wildman–Crippen MR) is 87.7 cm³/mol. The molecule has 0 spiro atoms. The molecule has 121 valence electrons. The Balaban J connectivity index is 2.05. The first-order valence-electron chi connectivity index (χ1n) is 8.03. The lowest BCUT2D eigenvalue weighted by Crippen LogP contribution is -2.34. The predicted octanol–water partition coefficient (Wildman–Crippen LogP) is 3.32. The van der Waals surface area contributed by atoms with Crippen molar-refractivity contribution in [1.29, 1.82) is 5.41 Å². The molecule has 1 fully saturated rings. The van der Waals surface area contributed by atoms with Crippen LogP contribution in [-0.2, 0) is 11.2 Å². The van der Waals surface area contributed by atoms with Gasteiger partial charge >= 0.3 is 0 Å². The average Bonchev–Trinajstić information content (AvgIpc) is 2.47. The molecule has 0 aromatic carbocycles. The fourth-order valence-corrected chi connectivity index (χ4v) is 3.12. The van der Waals surface area contributed by atoms with E-state index in [9.17, 15) is 10.2 Å². The van der Waals surface area contributed by atoms with Gasteiger partial charge in [0, 0.05) is 17.5 Å². The fourth-order valence-electron chi connectivity index (χ4n) is 3.12. The minimum absolute atomic E-state index is 0.284. The van der Waals surface area contributed by atoms with Gasteiger partial charge in [0.2, 0.25) is 0 Å². The zero-order chi connectivity index (χ0) is 16.4. The first-order valence-corrected chi connectivity index (χ1v) is 8.03. The summed E-state index contributed by atoms with van der Waals surface area (Å²) in [5.41, 5.74) is 0.374. The maximum Gasteiger partial charge on any atom is 0.107 e. The van der Waals surface area contributed by atoms with Crippen LogP contribution in [0, 0.1) is 17.7 Å². The molecular weight excluding hydrogens is 276 g/mol. The Bertz CT molecular complexity index is 509. The van der Waals surface area contributed by atoms with Crippen molar-refractivity contribution in [2.24, 2.45) is 5.92 Å². The van der Waals surface area contributed by atoms with Crippen molar-refractivity contribution < 1.29 is 10.2 Å². The van der Waals surface area contributed by atoms with Crippen molar-refractivity contribution in [2.75, 3.05) is 0 Å². The quantitative estimate of drug-likeness (QED) is 0.730. The number of pyridine rings is 1. The summed E-state index contributed by atoms with van der Waals surface area (Å²) in [7, 11) is 0. The normalized spacial score (nSPS) is 26.0. The monoisotopic (exact) mass is 303 g/mol. The molecule has 2 rings (SSSR count). The van der Waals surface area contributed by atoms with Crippen molar-refractivity contribution in [3.05, 3.63) is 36.0 Å². The Labute approximate surface area is 133 Å². The SMILES string of the molecule is C[CH]CC(=N)C1CCC(O)(c2ccc(C(C)(C)O)cn2)CC1. The molecule has 1 heterocycles. The van der Waals surface area contributed by atoms with Crippen molar-refractivity contribution >= 4 is 5.71 Å². The summed E-state index contributed by atoms with van der Waals surface area (Å²) in [6.45, 7) is 5.42. The summed E-state index contributed by atoms with van der Waals surface area (Å²) in [6, 6.07) is 3.65. The van der Waals surface area contributed by atoms with Gasteiger partial charge in [-0.1, -0.05) is 13.0 Å². The van der Waals surface area contributed by atoms with Crippen LogP contribution >= 0.6 is 0 Å². The highest BCUT2D eigenvalue weighted by Crippen LogP contribution is 2.39. The molecule has 1 saturated carbocycles. The van der Waals surface area contributed by atoms with Crippen molar-refractivity contribution in [1.82, 2.24) is 4.98 Å². The topological polar surface area (TPSA) is 77.2 Å². The van der Waals surface area contributed by atoms with E-state index in [0.717, 1.165) is 30.5 Å². The minimum Gasteiger partial charge on any atom is -0.386 e. The van der Waals surface area contributed by atoms with Gasteiger partial charge in [0.05, 0.1) is 11.3 Å². The first-order chi connectivity index (χ1) is 10.3. The minimum atomic E-state index is -0.919. The van der Waals surface area contributed by atoms with Crippen LogP contribution in [0.25, 0.3) is 0 Å². The van der Waals surface area contributed by atoms with Crippen LogP contribution in [0.4, 0.5) is 0 Å². The van der Waals surface area contributed by atoms with E-state index >= 15 is 0 Å². The standard InChI is InChI=1S/C18H27N2O2/c1-4-5-15(19)13-8-10-18(22,11-9-13)16-7-6-14(12-20-16)17(2,3)21/h4,6-7,12-13,19,21-22H,5,8-11H2,1-3H3. The zero-order valence-corrected chi connectivity index (χ0v) is 13.8. The van der Waals surface area contributed by atoms with E-state index in [1.165, 1.54) is 0 Å². The Morgan fingerprint density at radius 1 is 1.41 bits per heavy atom. The number of hydrogen-bond donors (Lipinski definition) is 3. The van der Waals surface area contributed by atoms with E-state index < -0.39 is 11.2 Å². The highest BCUT2D eigenvalue weighted by molar-refractivity contribution is 5.84. The van der Waals surface area contributed by atoms with Crippen LogP contribution in [0.15, 0.2) is 18.3 Å². The van der Waals surface area contributed by atoms with Gasteiger partial charge in [0.1, 0.15) is 5.60 Å². The van der Waals surface area contributed by atoms with Gasteiger partial charge in [-0.15, -0.1) is 0 Å². The smallest absolute Gasteiger partial charge is 0.107 e. The zero-order valence-electron chi connectivity index (χ0n) is 13.8. The van der Waals surface area contributed by atoms with Crippen LogP contribution in [0.2, 0.25) is 0 Å². The van der Waals surface area contributed by atoms with Gasteiger partial charge in [-0.3, -0.25) is 4.98 Å². The van der Waals surface area contributed by atoms with Gasteiger partial charge in [-0.2, -0.15) is 0 Å². The third-order valence-corrected chi connectivity index (χ3v) is 4.68. The highest BCUT2D eigenvalue weighted by Gasteiger charge is 2.37. The molecule has 1 aromatic heterocycles. The number of hydrogen-bond acceptors (Lipinski definition) is 4. The van der Waals surface area contributed by atoms with Gasteiger partial charge in [-0.05, 0) is 64.4 Å². The second kappa shape index (κ2) is 6.47. The van der Waals surface area contributed by atoms with E-state index in [4.69, 9.17) is 5.41 Å². The summed E-state index contributed by atoms with van der Waals surface area (Å²) < 4.78 is 0. The third-order valence-electron chi connectivity index (χ3n) is 4.68. The van der Waals surface area contributed by atoms with Crippen molar-refractivity contribution in [3.63, 3.8) is 0 Å². The second-order valence-corrected chi connectivity index (χ2v) is 6.93. The molecular formula is C18H27N2O2. The largest absolute Gasteiger partial charge is 0.386 e. The number of nitrogens with one attached hydrogen (secondary N) is 1. The van der Waals surface area contributed by atoms with Gasteiger partial charge < -0.3 is 15.6 Å². The molecule has 1 radical (unpaired) electrons. The molecule has 0 aliphatic heterocycles. The summed E-state index contributed by atoms with van der Waals surface area (Å²) in [5.74, 6) is 0.284. The summed E-state index contributed by atoms with van der Waals surface area (Å²) in [4.78, 5) is 4.38. The number of aromatic nitrogens is 1. The van der Waals surface area contributed by atoms with Gasteiger partial charge in [-0.25, -0.2) is 0 Å². The summed E-state index contributed by atoms with van der Waals surface area (Å²) in [5, 5.41) is 28.9. The molecule has 4 nitrogen and oxygen atoms in total. The first kappa shape index (κ1) is 17.1. The van der Waals surface area contributed by atoms with Gasteiger partial charge in [0.15, 0.2) is 0 Å². The van der Waals surface area contributed by atoms with Crippen LogP contribution in [0.1, 0.15) is 64.1 Å². The number of rotatable bonds is 5. The second-order valence-electron chi connectivity index (χ2n) is 6.93. The molecule has 1 aliphatic rings. The number of nitrogens with zero attached hydrogens (tertiary/aromatic N) is 1. The molecule has 0 amide bonds. The molecule has 4 heteroatoms. The average molecular weight is 303 g/mol. The molecule has 1 aromatic rings. The highest BCUT2D eigenvalue weighted by atomic mass is 16.3. The molecule has 0 saturated heterocycles. The summed E-state index contributed by atoms with van der Waals surface area (Å²) >= 11 is 0. The Morgan fingerprint density at radius 3 is 2.50 bits per heavy atom. The van der Waals surface area contributed by atoms with Crippen LogP contribution in [-0.4, -0.2) is 20.9 Å². The van der Waals surface area contributed by atoms with E-state index in [0.29, 0.717) is 18.5 Å². The number of aliphatic hydroxyl groups is 2. The van der Waals surface area contributed by atoms with Crippen molar-refractivity contribution in [3.8, 4) is 0 Å². The van der Waals surface area contributed by atoms with E-state index in [1.54, 1.807) is 20.0 Å². The Morgan fingerprint density at radius 2 is 2.05 bits per heavy atom. The van der Waals surface area contributed by atoms with Gasteiger partial charge in [0.25, 0.3) is 0 Å². The van der Waals surface area contributed by atoms with Crippen LogP contribution in [0.5, 0.6) is 0 Å². The molecule has 0 atom stereocenters. The van der Waals surface area contributed by atoms with E-state index in [2.05, 4.69) is 4.98 Å². The fraction of sp³-hybridized carbons (Fsp3) is 0.611. The summed E-state index contributed by atoms with van der Waals surface area (Å²) in [6.07, 6.45) is 7.34. The molecule has 3 N–H and O–H groups in total. The maximum atomic E-state index is 10.9. The Hall–Kier alpha value is -1.26. The maximum absolute atomic E-state index is 10.9. The lowest BCUT2D eigenvalue weighted by Gasteiger charge is -2.36. The van der Waals surface area contributed by atoms with Crippen LogP contribution in [0.3, 0.4) is 0 Å². The lowest BCUT2D eigenvalue weighted by atomic mass is 9.74. The molecule has 1 aliphatic carbocycles. The van der Waals surface area contributed by atoms with E-state index in [1.807, 2.05) is 25.5 Å². The van der Waals surface area contributed by atoms with Crippen molar-refractivity contribution in [2.45, 2.75) is 64.1 Å².